The lowest BCUT2D eigenvalue weighted by Crippen LogP contribution is -1.92. The van der Waals surface area contributed by atoms with Gasteiger partial charge in [0.2, 0.25) is 0 Å². The van der Waals surface area contributed by atoms with Crippen LogP contribution in [0.5, 0.6) is 0 Å². The first-order valence-corrected chi connectivity index (χ1v) is 12.0. The molecule has 9 aromatic rings. The van der Waals surface area contributed by atoms with Gasteiger partial charge in [0, 0.05) is 0 Å². The third kappa shape index (κ3) is 2.96. The number of benzene rings is 9. The Morgan fingerprint density at radius 3 is 1.52 bits per heavy atom. The maximum absolute atomic E-state index is 9.56. The molecular weight excluding hydrogens is 480 g/mol. The zero-order chi connectivity index (χ0) is 47.1. The van der Waals surface area contributed by atoms with Crippen LogP contribution in [0.2, 0.25) is 0 Å². The Morgan fingerprint density at radius 2 is 0.825 bits per heavy atom. The van der Waals surface area contributed by atoms with Crippen LogP contribution in [-0.2, 0) is 0 Å². The summed E-state index contributed by atoms with van der Waals surface area (Å²) in [5.41, 5.74) is -2.64. The molecule has 0 fully saturated rings. The average molecular weight is 529 g/mol. The van der Waals surface area contributed by atoms with Gasteiger partial charge in [0.05, 0.1) is 32.9 Å². The smallest absolute Gasteiger partial charge is 0.0616 e. The lowest BCUT2D eigenvalue weighted by molar-refractivity contribution is 1.69. The molecule has 40 heavy (non-hydrogen) atoms. The van der Waals surface area contributed by atoms with Crippen molar-refractivity contribution >= 4 is 64.6 Å². The van der Waals surface area contributed by atoms with E-state index in [9.17, 15) is 13.7 Å². The van der Waals surface area contributed by atoms with Gasteiger partial charge in [0.15, 0.2) is 0 Å². The van der Waals surface area contributed by atoms with Gasteiger partial charge in [-0.05, 0) is 92.9 Å². The van der Waals surface area contributed by atoms with Crippen LogP contribution in [0.1, 0.15) is 32.9 Å². The molecule has 0 amide bonds. The molecule has 0 atom stereocenters. The largest absolute Gasteiger partial charge is 0.0636 e. The number of fused-ring (bicyclic) bond motifs is 3. The molecule has 0 heteroatoms. The van der Waals surface area contributed by atoms with Crippen LogP contribution in [0.4, 0.5) is 0 Å². The molecule has 0 N–H and O–H groups in total. The summed E-state index contributed by atoms with van der Waals surface area (Å²) in [5, 5.41) is -6.13. The fraction of sp³-hybridized carbons (Fsp3) is 0. The van der Waals surface area contributed by atoms with Crippen LogP contribution in [0.25, 0.3) is 86.9 Å². The summed E-state index contributed by atoms with van der Waals surface area (Å²) < 4.78 is 216. The maximum atomic E-state index is 9.56. The average Bonchev–Trinajstić information content (AvgIpc) is 3.26. The zero-order valence-electron chi connectivity index (χ0n) is 44.0. The number of hydrogen-bond donors (Lipinski definition) is 0. The molecule has 0 radical (unpaired) electrons. The van der Waals surface area contributed by atoms with Gasteiger partial charge in [0.25, 0.3) is 0 Å². The molecule has 0 heterocycles. The highest BCUT2D eigenvalue weighted by Gasteiger charge is 2.19. The fourth-order valence-electron chi connectivity index (χ4n) is 5.28. The van der Waals surface area contributed by atoms with Crippen molar-refractivity contribution in [3.8, 4) is 22.3 Å². The molecule has 0 saturated heterocycles. The minimum atomic E-state index is -0.938. The second-order valence-corrected chi connectivity index (χ2v) is 9.00. The Labute approximate surface area is 265 Å². The quantitative estimate of drug-likeness (QED) is 0.155. The third-order valence-corrected chi connectivity index (χ3v) is 6.94. The lowest BCUT2D eigenvalue weighted by Gasteiger charge is -2.20. The lowest BCUT2D eigenvalue weighted by atomic mass is 9.83. The highest BCUT2D eigenvalue weighted by atomic mass is 14.2. The first kappa shape index (κ1) is 8.91. The van der Waals surface area contributed by atoms with E-state index < -0.39 is 221 Å². The monoisotopic (exact) mass is 528 g/mol. The molecule has 9 rings (SSSR count). The summed E-state index contributed by atoms with van der Waals surface area (Å²) in [5.74, 6) is 0. The Bertz CT molecular complexity index is 3660. The van der Waals surface area contributed by atoms with Crippen molar-refractivity contribution in [1.29, 1.82) is 0 Å². The van der Waals surface area contributed by atoms with Crippen molar-refractivity contribution in [2.24, 2.45) is 0 Å². The second kappa shape index (κ2) is 8.15. The van der Waals surface area contributed by atoms with Gasteiger partial charge in [-0.3, -0.25) is 0 Å². The standard InChI is InChI=1S/C40H24/c1-2-9-29-24-30(19-16-25(29)8-1)38-31-12-3-5-14-33(31)40(34-15-6-4-13-32(34)38)36-23-21-28-18-17-26-10-7-11-27-20-22-35(36)39(28)37(26)27/h1-24H/i1D,2D,3D,4D,5D,6D,7D,8D,9D,10D,11D,12D,13D,14D,15D,16D,17D,18D,19D,20D,21D,22D,23D,24D. The maximum Gasteiger partial charge on any atom is 0.0636 e. The van der Waals surface area contributed by atoms with Gasteiger partial charge in [-0.1, -0.05) is 139 Å². The summed E-state index contributed by atoms with van der Waals surface area (Å²) in [6, 6.07) is -20.2. The minimum absolute atomic E-state index is 0.275. The summed E-state index contributed by atoms with van der Waals surface area (Å²) in [4.78, 5) is 0. The summed E-state index contributed by atoms with van der Waals surface area (Å²) >= 11 is 0. The normalized spacial score (nSPS) is 20.4. The molecule has 0 nitrogen and oxygen atoms in total. The first-order valence-electron chi connectivity index (χ1n) is 24.0. The van der Waals surface area contributed by atoms with Crippen LogP contribution in [0.15, 0.2) is 145 Å². The van der Waals surface area contributed by atoms with Crippen molar-refractivity contribution < 1.29 is 32.9 Å². The van der Waals surface area contributed by atoms with Crippen LogP contribution in [-0.4, -0.2) is 0 Å². The fourth-order valence-corrected chi connectivity index (χ4v) is 5.28. The highest BCUT2D eigenvalue weighted by molar-refractivity contribution is 6.29. The Kier molecular flexibility index (Phi) is 1.82. The van der Waals surface area contributed by atoms with E-state index in [1.165, 1.54) is 0 Å². The van der Waals surface area contributed by atoms with Crippen molar-refractivity contribution in [3.63, 3.8) is 0 Å². The highest BCUT2D eigenvalue weighted by Crippen LogP contribution is 2.47. The minimum Gasteiger partial charge on any atom is -0.0616 e. The van der Waals surface area contributed by atoms with E-state index in [2.05, 4.69) is 0 Å². The Balaban J connectivity index is 1.70. The van der Waals surface area contributed by atoms with Crippen molar-refractivity contribution in [2.45, 2.75) is 0 Å². The summed E-state index contributed by atoms with van der Waals surface area (Å²) in [7, 11) is 0. The predicted octanol–water partition coefficient (Wildman–Crippen LogP) is 11.4. The second-order valence-electron chi connectivity index (χ2n) is 9.00. The molecule has 0 bridgehead atoms. The van der Waals surface area contributed by atoms with E-state index in [1.54, 1.807) is 0 Å². The molecule has 0 unspecified atom stereocenters. The topological polar surface area (TPSA) is 0 Å². The van der Waals surface area contributed by atoms with E-state index in [1.807, 2.05) is 0 Å². The molecule has 0 spiro atoms. The Hall–Kier alpha value is -5.20. The molecule has 0 aromatic heterocycles. The van der Waals surface area contributed by atoms with Crippen LogP contribution in [0, 0.1) is 0 Å². The third-order valence-electron chi connectivity index (χ3n) is 6.94. The van der Waals surface area contributed by atoms with Gasteiger partial charge in [-0.2, -0.15) is 0 Å². The molecule has 184 valence electrons. The van der Waals surface area contributed by atoms with Crippen molar-refractivity contribution in [3.05, 3.63) is 145 Å². The zero-order valence-corrected chi connectivity index (χ0v) is 20.0. The first-order chi connectivity index (χ1) is 29.9. The molecule has 0 saturated carbocycles. The van der Waals surface area contributed by atoms with Gasteiger partial charge >= 0.3 is 0 Å². The van der Waals surface area contributed by atoms with E-state index in [0.717, 1.165) is 0 Å². The van der Waals surface area contributed by atoms with Crippen LogP contribution >= 0.6 is 0 Å². The van der Waals surface area contributed by atoms with Gasteiger partial charge in [-0.25, -0.2) is 0 Å². The molecule has 0 aliphatic carbocycles. The van der Waals surface area contributed by atoms with Crippen LogP contribution < -0.4 is 0 Å². The van der Waals surface area contributed by atoms with Crippen molar-refractivity contribution in [2.75, 3.05) is 0 Å². The summed E-state index contributed by atoms with van der Waals surface area (Å²) in [6.07, 6.45) is 0. The van der Waals surface area contributed by atoms with Crippen molar-refractivity contribution in [1.82, 2.24) is 0 Å². The van der Waals surface area contributed by atoms with E-state index in [0.29, 0.717) is 0 Å². The van der Waals surface area contributed by atoms with E-state index in [-0.39, 0.29) is 10.8 Å². The van der Waals surface area contributed by atoms with Crippen LogP contribution in [0.3, 0.4) is 0 Å². The van der Waals surface area contributed by atoms with E-state index in [4.69, 9.17) is 19.2 Å². The van der Waals surface area contributed by atoms with E-state index >= 15 is 0 Å². The van der Waals surface area contributed by atoms with Gasteiger partial charge in [0.1, 0.15) is 0 Å². The predicted molar refractivity (Wildman–Crippen MR) is 174 cm³/mol. The molecule has 9 aromatic carbocycles. The molecule has 0 aliphatic rings. The summed E-state index contributed by atoms with van der Waals surface area (Å²) in [6.45, 7) is 0. The van der Waals surface area contributed by atoms with Gasteiger partial charge in [-0.15, -0.1) is 0 Å². The molecule has 0 aliphatic heterocycles. The Morgan fingerprint density at radius 1 is 0.325 bits per heavy atom. The number of hydrogen-bond acceptors (Lipinski definition) is 0. The molecular formula is C40H24. The SMILES string of the molecule is [2H]c1c([2H])c([2H])c2c([2H])c(-c3c4c([2H])c([2H])c([2H])c([2H])c4c(-c4c([2H])c([2H])c5c([2H])c([2H])c6c([2H])c([2H])c([2H])c7c([2H])c([2H])c4c5c67)c4c([2H])c([2H])c([2H])c([2H])c34)c([2H])c([2H])c2c1[2H]. The van der Waals surface area contributed by atoms with Gasteiger partial charge < -0.3 is 0 Å². The number of rotatable bonds is 2.